The molecule has 3 aromatic carbocycles. The molecule has 4 nitrogen and oxygen atoms in total. The second kappa shape index (κ2) is 7.76. The number of hydrogen-bond acceptors (Lipinski definition) is 2. The zero-order valence-electron chi connectivity index (χ0n) is 14.6. The first-order chi connectivity index (χ1) is 13.2. The van der Waals surface area contributed by atoms with Gasteiger partial charge in [-0.15, -0.1) is 0 Å². The summed E-state index contributed by atoms with van der Waals surface area (Å²) in [5.74, 6) is 0.852. The predicted octanol–water partition coefficient (Wildman–Crippen LogP) is 5.36. The minimum atomic E-state index is -0.120. The van der Waals surface area contributed by atoms with Crippen LogP contribution in [0, 0.1) is 0 Å². The molecule has 0 aliphatic carbocycles. The Bertz CT molecular complexity index is 1070. The molecule has 0 radical (unpaired) electrons. The number of aryl methyl sites for hydroxylation is 2. The van der Waals surface area contributed by atoms with Crippen LogP contribution in [0.2, 0.25) is 0 Å². The van der Waals surface area contributed by atoms with Crippen LogP contribution in [0.3, 0.4) is 0 Å². The molecule has 2 N–H and O–H groups in total. The lowest BCUT2D eigenvalue weighted by Gasteiger charge is -2.08. The first kappa shape index (κ1) is 17.5. The van der Waals surface area contributed by atoms with Crippen molar-refractivity contribution in [2.75, 3.05) is 5.32 Å². The van der Waals surface area contributed by atoms with Crippen LogP contribution < -0.4 is 5.32 Å². The molecule has 0 atom stereocenters. The van der Waals surface area contributed by atoms with Crippen LogP contribution in [0.15, 0.2) is 77.3 Å². The maximum atomic E-state index is 12.4. The summed E-state index contributed by atoms with van der Waals surface area (Å²) in [6.45, 7) is 0. The summed E-state index contributed by atoms with van der Waals surface area (Å²) in [4.78, 5) is 20.4. The highest BCUT2D eigenvalue weighted by Crippen LogP contribution is 2.17. The highest BCUT2D eigenvalue weighted by Gasteiger charge is 2.07. The van der Waals surface area contributed by atoms with Crippen LogP contribution in [0.25, 0.3) is 11.0 Å². The molecule has 1 heterocycles. The monoisotopic (exact) mass is 419 g/mol. The lowest BCUT2D eigenvalue weighted by atomic mass is 10.1. The van der Waals surface area contributed by atoms with E-state index >= 15 is 0 Å². The molecule has 0 unspecified atom stereocenters. The van der Waals surface area contributed by atoms with Crippen LogP contribution in [0.4, 0.5) is 5.69 Å². The van der Waals surface area contributed by atoms with E-state index in [1.807, 2.05) is 54.6 Å². The van der Waals surface area contributed by atoms with Gasteiger partial charge in [0.25, 0.3) is 5.91 Å². The van der Waals surface area contributed by atoms with Crippen molar-refractivity contribution in [1.82, 2.24) is 9.97 Å². The van der Waals surface area contributed by atoms with Gasteiger partial charge < -0.3 is 10.3 Å². The number of amides is 1. The average Bonchev–Trinajstić information content (AvgIpc) is 3.10. The number of para-hydroxylation sites is 2. The van der Waals surface area contributed by atoms with Crippen molar-refractivity contribution in [3.63, 3.8) is 0 Å². The van der Waals surface area contributed by atoms with Crippen molar-refractivity contribution in [1.29, 1.82) is 0 Å². The molecule has 27 heavy (non-hydrogen) atoms. The third-order valence-electron chi connectivity index (χ3n) is 4.36. The first-order valence-electron chi connectivity index (χ1n) is 8.77. The molecule has 0 aliphatic heterocycles. The summed E-state index contributed by atoms with van der Waals surface area (Å²) in [6.07, 6.45) is 1.66. The molecule has 5 heteroatoms. The Morgan fingerprint density at radius 2 is 1.81 bits per heavy atom. The Morgan fingerprint density at radius 1 is 0.963 bits per heavy atom. The molecular weight excluding hydrogens is 402 g/mol. The van der Waals surface area contributed by atoms with E-state index in [2.05, 4.69) is 37.3 Å². The van der Waals surface area contributed by atoms with Crippen molar-refractivity contribution >= 4 is 38.6 Å². The number of aromatic nitrogens is 2. The summed E-state index contributed by atoms with van der Waals surface area (Å²) in [7, 11) is 0. The van der Waals surface area contributed by atoms with Crippen molar-refractivity contribution < 1.29 is 4.79 Å². The SMILES string of the molecule is O=C(Nc1cccc(CCc2nc3ccccc3[nH]2)c1)c1cccc(Br)c1. The summed E-state index contributed by atoms with van der Waals surface area (Å²) < 4.78 is 0.884. The number of carbonyl (C=O) groups is 1. The van der Waals surface area contributed by atoms with Crippen LogP contribution >= 0.6 is 15.9 Å². The van der Waals surface area contributed by atoms with Gasteiger partial charge in [-0.2, -0.15) is 0 Å². The zero-order chi connectivity index (χ0) is 18.6. The number of nitrogens with one attached hydrogen (secondary N) is 2. The van der Waals surface area contributed by atoms with E-state index in [0.717, 1.165) is 45.4 Å². The molecule has 1 amide bonds. The highest BCUT2D eigenvalue weighted by atomic mass is 79.9. The topological polar surface area (TPSA) is 57.8 Å². The summed E-state index contributed by atoms with van der Waals surface area (Å²) in [5, 5.41) is 2.96. The molecule has 0 saturated heterocycles. The van der Waals surface area contributed by atoms with Gasteiger partial charge in [0.1, 0.15) is 5.82 Å². The smallest absolute Gasteiger partial charge is 0.255 e. The van der Waals surface area contributed by atoms with Crippen molar-refractivity contribution in [2.24, 2.45) is 0 Å². The maximum Gasteiger partial charge on any atom is 0.255 e. The van der Waals surface area contributed by atoms with E-state index in [0.29, 0.717) is 5.56 Å². The fraction of sp³-hybridized carbons (Fsp3) is 0.0909. The number of halogens is 1. The maximum absolute atomic E-state index is 12.4. The van der Waals surface area contributed by atoms with E-state index in [4.69, 9.17) is 0 Å². The third-order valence-corrected chi connectivity index (χ3v) is 4.85. The fourth-order valence-corrected chi connectivity index (χ4v) is 3.42. The molecule has 1 aromatic heterocycles. The normalized spacial score (nSPS) is 10.9. The fourth-order valence-electron chi connectivity index (χ4n) is 3.02. The van der Waals surface area contributed by atoms with Crippen LogP contribution in [0.5, 0.6) is 0 Å². The number of nitrogens with zero attached hydrogens (tertiary/aromatic N) is 1. The van der Waals surface area contributed by atoms with Crippen molar-refractivity contribution in [3.8, 4) is 0 Å². The number of benzene rings is 3. The second-order valence-electron chi connectivity index (χ2n) is 6.37. The van der Waals surface area contributed by atoms with E-state index in [-0.39, 0.29) is 5.91 Å². The Morgan fingerprint density at radius 3 is 2.67 bits per heavy atom. The number of imidazole rings is 1. The standard InChI is InChI=1S/C22H18BrN3O/c23-17-7-4-6-16(14-17)22(27)24-18-8-3-5-15(13-18)11-12-21-25-19-9-1-2-10-20(19)26-21/h1-10,13-14H,11-12H2,(H,24,27)(H,25,26). The third kappa shape index (κ3) is 4.26. The number of aromatic amines is 1. The lowest BCUT2D eigenvalue weighted by Crippen LogP contribution is -2.12. The van der Waals surface area contributed by atoms with Crippen LogP contribution in [-0.2, 0) is 12.8 Å². The molecule has 0 fully saturated rings. The predicted molar refractivity (Wildman–Crippen MR) is 112 cm³/mol. The van der Waals surface area contributed by atoms with Gasteiger partial charge in [0, 0.05) is 22.1 Å². The van der Waals surface area contributed by atoms with Crippen LogP contribution in [0.1, 0.15) is 21.7 Å². The molecule has 0 saturated carbocycles. The molecule has 0 spiro atoms. The summed E-state index contributed by atoms with van der Waals surface area (Å²) >= 11 is 3.39. The van der Waals surface area contributed by atoms with E-state index < -0.39 is 0 Å². The number of H-pyrrole nitrogens is 1. The molecule has 4 rings (SSSR count). The number of anilines is 1. The van der Waals surface area contributed by atoms with Gasteiger partial charge >= 0.3 is 0 Å². The first-order valence-corrected chi connectivity index (χ1v) is 9.56. The van der Waals surface area contributed by atoms with Crippen LogP contribution in [-0.4, -0.2) is 15.9 Å². The van der Waals surface area contributed by atoms with Gasteiger partial charge in [-0.25, -0.2) is 4.98 Å². The molecular formula is C22H18BrN3O. The van der Waals surface area contributed by atoms with Gasteiger partial charge in [-0.1, -0.05) is 46.3 Å². The Balaban J connectivity index is 1.43. The zero-order valence-corrected chi connectivity index (χ0v) is 16.2. The molecule has 0 bridgehead atoms. The molecule has 134 valence electrons. The number of rotatable bonds is 5. The number of carbonyl (C=O) groups excluding carboxylic acids is 1. The van der Waals surface area contributed by atoms with Gasteiger partial charge in [-0.05, 0) is 54.4 Å². The molecule has 4 aromatic rings. The Kier molecular flexibility index (Phi) is 5.03. The van der Waals surface area contributed by atoms with Gasteiger partial charge in [0.15, 0.2) is 0 Å². The average molecular weight is 420 g/mol. The van der Waals surface area contributed by atoms with Gasteiger partial charge in [0.05, 0.1) is 11.0 Å². The van der Waals surface area contributed by atoms with E-state index in [1.54, 1.807) is 12.1 Å². The second-order valence-corrected chi connectivity index (χ2v) is 7.28. The number of hydrogen-bond donors (Lipinski definition) is 2. The Labute approximate surface area is 165 Å². The summed E-state index contributed by atoms with van der Waals surface area (Å²) in [6, 6.07) is 23.3. The van der Waals surface area contributed by atoms with Gasteiger partial charge in [-0.3, -0.25) is 4.79 Å². The number of fused-ring (bicyclic) bond motifs is 1. The van der Waals surface area contributed by atoms with Crippen molar-refractivity contribution in [2.45, 2.75) is 12.8 Å². The minimum Gasteiger partial charge on any atom is -0.342 e. The quantitative estimate of drug-likeness (QED) is 0.457. The van der Waals surface area contributed by atoms with Crippen molar-refractivity contribution in [3.05, 3.63) is 94.2 Å². The molecule has 0 aliphatic rings. The van der Waals surface area contributed by atoms with E-state index in [1.165, 1.54) is 0 Å². The van der Waals surface area contributed by atoms with E-state index in [9.17, 15) is 4.79 Å². The lowest BCUT2D eigenvalue weighted by molar-refractivity contribution is 0.102. The Hall–Kier alpha value is -2.92. The highest BCUT2D eigenvalue weighted by molar-refractivity contribution is 9.10. The van der Waals surface area contributed by atoms with Gasteiger partial charge in [0.2, 0.25) is 0 Å². The minimum absolute atomic E-state index is 0.120. The summed E-state index contributed by atoms with van der Waals surface area (Å²) in [5.41, 5.74) is 4.62. The largest absolute Gasteiger partial charge is 0.342 e.